The molecule has 0 saturated carbocycles. The SMILES string of the molecule is C=C[C@@H]1CN(S(=O)(=O)c2ccc(C)cc2)CC(=O)O1. The Bertz CT molecular complexity index is 592. The lowest BCUT2D eigenvalue weighted by Crippen LogP contribution is -2.47. The van der Waals surface area contributed by atoms with E-state index in [0.717, 1.165) is 9.87 Å². The molecule has 0 bridgehead atoms. The molecule has 19 heavy (non-hydrogen) atoms. The van der Waals surface area contributed by atoms with Gasteiger partial charge in [0.25, 0.3) is 0 Å². The van der Waals surface area contributed by atoms with Crippen molar-refractivity contribution in [2.45, 2.75) is 17.9 Å². The number of carbonyl (C=O) groups is 1. The van der Waals surface area contributed by atoms with Gasteiger partial charge in [0.15, 0.2) is 0 Å². The number of cyclic esters (lactones) is 1. The van der Waals surface area contributed by atoms with E-state index in [1.807, 2.05) is 6.92 Å². The van der Waals surface area contributed by atoms with Crippen LogP contribution in [-0.4, -0.2) is 37.9 Å². The molecule has 6 heteroatoms. The number of rotatable bonds is 3. The molecule has 1 aromatic rings. The van der Waals surface area contributed by atoms with Crippen molar-refractivity contribution in [2.24, 2.45) is 0 Å². The lowest BCUT2D eigenvalue weighted by atomic mass is 10.2. The molecule has 0 aromatic heterocycles. The highest BCUT2D eigenvalue weighted by Crippen LogP contribution is 2.19. The first-order valence-corrected chi connectivity index (χ1v) is 7.26. The van der Waals surface area contributed by atoms with Crippen LogP contribution >= 0.6 is 0 Å². The Hall–Kier alpha value is -1.66. The largest absolute Gasteiger partial charge is 0.456 e. The van der Waals surface area contributed by atoms with Gasteiger partial charge in [-0.2, -0.15) is 4.31 Å². The zero-order valence-electron chi connectivity index (χ0n) is 10.6. The van der Waals surface area contributed by atoms with E-state index in [0.29, 0.717) is 0 Å². The summed E-state index contributed by atoms with van der Waals surface area (Å²) in [6.07, 6.45) is 0.829. The highest BCUT2D eigenvalue weighted by Gasteiger charge is 2.33. The van der Waals surface area contributed by atoms with Gasteiger partial charge in [0.1, 0.15) is 12.6 Å². The number of hydrogen-bond acceptors (Lipinski definition) is 4. The van der Waals surface area contributed by atoms with Crippen molar-refractivity contribution in [1.82, 2.24) is 4.31 Å². The quantitative estimate of drug-likeness (QED) is 0.615. The second-order valence-electron chi connectivity index (χ2n) is 4.37. The average Bonchev–Trinajstić information content (AvgIpc) is 2.38. The number of hydrogen-bond donors (Lipinski definition) is 0. The van der Waals surface area contributed by atoms with Crippen molar-refractivity contribution in [1.29, 1.82) is 0 Å². The van der Waals surface area contributed by atoms with Crippen LogP contribution in [0.25, 0.3) is 0 Å². The maximum Gasteiger partial charge on any atom is 0.321 e. The van der Waals surface area contributed by atoms with E-state index in [1.165, 1.54) is 18.2 Å². The molecule has 102 valence electrons. The topological polar surface area (TPSA) is 63.7 Å². The normalized spacial score (nSPS) is 20.9. The summed E-state index contributed by atoms with van der Waals surface area (Å²) in [4.78, 5) is 11.6. The van der Waals surface area contributed by atoms with Crippen molar-refractivity contribution < 1.29 is 17.9 Å². The molecule has 0 aliphatic carbocycles. The number of ether oxygens (including phenoxy) is 1. The summed E-state index contributed by atoms with van der Waals surface area (Å²) < 4.78 is 30.9. The van der Waals surface area contributed by atoms with Crippen LogP contribution in [0.2, 0.25) is 0 Å². The van der Waals surface area contributed by atoms with Gasteiger partial charge in [-0.25, -0.2) is 8.42 Å². The summed E-state index contributed by atoms with van der Waals surface area (Å²) in [5.41, 5.74) is 0.973. The minimum atomic E-state index is -3.67. The number of morpholine rings is 1. The van der Waals surface area contributed by atoms with E-state index in [1.54, 1.807) is 12.1 Å². The maximum atomic E-state index is 12.4. The van der Waals surface area contributed by atoms with E-state index in [2.05, 4.69) is 6.58 Å². The van der Waals surface area contributed by atoms with Gasteiger partial charge in [-0.05, 0) is 19.1 Å². The molecular formula is C13H15NO4S. The Balaban J connectivity index is 2.31. The fourth-order valence-electron chi connectivity index (χ4n) is 1.82. The van der Waals surface area contributed by atoms with E-state index in [9.17, 15) is 13.2 Å². The van der Waals surface area contributed by atoms with Gasteiger partial charge in [0, 0.05) is 0 Å². The predicted molar refractivity (Wildman–Crippen MR) is 70.0 cm³/mol. The van der Waals surface area contributed by atoms with E-state index < -0.39 is 22.1 Å². The van der Waals surface area contributed by atoms with E-state index in [4.69, 9.17) is 4.74 Å². The van der Waals surface area contributed by atoms with E-state index >= 15 is 0 Å². The molecule has 1 aliphatic rings. The first-order valence-electron chi connectivity index (χ1n) is 5.82. The van der Waals surface area contributed by atoms with Gasteiger partial charge in [-0.15, -0.1) is 0 Å². The molecule has 0 spiro atoms. The number of sulfonamides is 1. The fraction of sp³-hybridized carbons (Fsp3) is 0.308. The Morgan fingerprint density at radius 3 is 2.58 bits per heavy atom. The first kappa shape index (κ1) is 13.8. The van der Waals surface area contributed by atoms with Crippen molar-refractivity contribution in [3.8, 4) is 0 Å². The third-order valence-corrected chi connectivity index (χ3v) is 4.72. The standard InChI is InChI=1S/C13H15NO4S/c1-3-11-8-14(9-13(15)18-11)19(16,17)12-6-4-10(2)5-7-12/h3-7,11H,1,8-9H2,2H3/t11-/m1/s1. The van der Waals surface area contributed by atoms with Crippen LogP contribution in [0, 0.1) is 6.92 Å². The molecule has 0 unspecified atom stereocenters. The summed E-state index contributed by atoms with van der Waals surface area (Å²) in [7, 11) is -3.67. The lowest BCUT2D eigenvalue weighted by Gasteiger charge is -2.29. The Morgan fingerprint density at radius 1 is 1.37 bits per heavy atom. The molecule has 0 amide bonds. The first-order chi connectivity index (χ1) is 8.93. The Morgan fingerprint density at radius 2 is 2.00 bits per heavy atom. The average molecular weight is 281 g/mol. The molecule has 1 heterocycles. The van der Waals surface area contributed by atoms with Crippen LogP contribution in [-0.2, 0) is 19.6 Å². The molecule has 1 atom stereocenters. The molecule has 0 N–H and O–H groups in total. The van der Waals surface area contributed by atoms with Crippen LogP contribution in [0.5, 0.6) is 0 Å². The van der Waals surface area contributed by atoms with Gasteiger partial charge >= 0.3 is 5.97 Å². The predicted octanol–water partition coefficient (Wildman–Crippen LogP) is 1.10. The van der Waals surface area contributed by atoms with Gasteiger partial charge in [0.05, 0.1) is 11.4 Å². The summed E-state index contributed by atoms with van der Waals surface area (Å²) >= 11 is 0. The molecule has 2 rings (SSSR count). The number of esters is 1. The molecule has 5 nitrogen and oxygen atoms in total. The smallest absolute Gasteiger partial charge is 0.321 e. The van der Waals surface area contributed by atoms with Gasteiger partial charge in [-0.1, -0.05) is 30.4 Å². The number of benzene rings is 1. The Labute approximate surface area is 112 Å². The minimum Gasteiger partial charge on any atom is -0.456 e. The highest BCUT2D eigenvalue weighted by atomic mass is 32.2. The van der Waals surface area contributed by atoms with Crippen molar-refractivity contribution in [2.75, 3.05) is 13.1 Å². The minimum absolute atomic E-state index is 0.103. The molecular weight excluding hydrogens is 266 g/mol. The molecule has 1 aliphatic heterocycles. The zero-order chi connectivity index (χ0) is 14.0. The van der Waals surface area contributed by atoms with Crippen molar-refractivity contribution >= 4 is 16.0 Å². The summed E-state index contributed by atoms with van der Waals surface area (Å²) in [5.74, 6) is -0.563. The fourth-order valence-corrected chi connectivity index (χ4v) is 3.21. The molecule has 0 radical (unpaired) electrons. The molecule has 1 fully saturated rings. The monoisotopic (exact) mass is 281 g/mol. The number of nitrogens with zero attached hydrogens (tertiary/aromatic N) is 1. The van der Waals surface area contributed by atoms with Crippen molar-refractivity contribution in [3.05, 3.63) is 42.5 Å². The van der Waals surface area contributed by atoms with Crippen LogP contribution in [0.15, 0.2) is 41.8 Å². The second-order valence-corrected chi connectivity index (χ2v) is 6.31. The third-order valence-electron chi connectivity index (χ3n) is 2.89. The van der Waals surface area contributed by atoms with Gasteiger partial charge < -0.3 is 4.74 Å². The number of aryl methyl sites for hydroxylation is 1. The third kappa shape index (κ3) is 2.85. The molecule has 1 saturated heterocycles. The number of carbonyl (C=O) groups excluding carboxylic acids is 1. The second kappa shape index (κ2) is 5.14. The van der Waals surface area contributed by atoms with Gasteiger partial charge in [0.2, 0.25) is 10.0 Å². The zero-order valence-corrected chi connectivity index (χ0v) is 11.4. The Kier molecular flexibility index (Phi) is 3.73. The molecule has 1 aromatic carbocycles. The maximum absolute atomic E-state index is 12.4. The van der Waals surface area contributed by atoms with Crippen LogP contribution in [0.4, 0.5) is 0 Å². The van der Waals surface area contributed by atoms with E-state index in [-0.39, 0.29) is 18.0 Å². The summed E-state index contributed by atoms with van der Waals surface area (Å²) in [6.45, 7) is 5.24. The lowest BCUT2D eigenvalue weighted by molar-refractivity contribution is -0.152. The summed E-state index contributed by atoms with van der Waals surface area (Å²) in [5, 5.41) is 0. The summed E-state index contributed by atoms with van der Waals surface area (Å²) in [6, 6.07) is 6.52. The highest BCUT2D eigenvalue weighted by molar-refractivity contribution is 7.89. The van der Waals surface area contributed by atoms with Crippen LogP contribution in [0.1, 0.15) is 5.56 Å². The van der Waals surface area contributed by atoms with Crippen LogP contribution in [0.3, 0.4) is 0 Å². The van der Waals surface area contributed by atoms with Crippen molar-refractivity contribution in [3.63, 3.8) is 0 Å². The van der Waals surface area contributed by atoms with Gasteiger partial charge in [-0.3, -0.25) is 4.79 Å². The van der Waals surface area contributed by atoms with Crippen LogP contribution < -0.4 is 0 Å².